The summed E-state index contributed by atoms with van der Waals surface area (Å²) in [7, 11) is 0. The van der Waals surface area contributed by atoms with Gasteiger partial charge in [0.2, 0.25) is 0 Å². The molecule has 0 saturated heterocycles. The molecule has 0 radical (unpaired) electrons. The van der Waals surface area contributed by atoms with Gasteiger partial charge in [-0.3, -0.25) is 0 Å². The smallest absolute Gasteiger partial charge is 0.0923 e. The normalized spacial score (nSPS) is 24.3. The molecule has 1 aliphatic carbocycles. The average Bonchev–Trinajstić information content (AvgIpc) is 2.57. The summed E-state index contributed by atoms with van der Waals surface area (Å²) in [5, 5.41) is 8.27. The lowest BCUT2D eigenvalue weighted by Gasteiger charge is -2.23. The fraction of sp³-hybridized carbons (Fsp3) is 0.556. The number of hydrogen-bond acceptors (Lipinski definition) is 2. The Kier molecular flexibility index (Phi) is 1.94. The van der Waals surface area contributed by atoms with Crippen molar-refractivity contribution in [2.24, 2.45) is 0 Å². The molecule has 1 aromatic rings. The van der Waals surface area contributed by atoms with Crippen molar-refractivity contribution in [3.8, 4) is 0 Å². The van der Waals surface area contributed by atoms with E-state index < -0.39 is 0 Å². The molecular weight excluding hydrogens is 150 g/mol. The molecule has 1 heterocycles. The lowest BCUT2D eigenvalue weighted by molar-refractivity contribution is 0.375. The minimum atomic E-state index is 0.355. The highest BCUT2D eigenvalue weighted by Crippen LogP contribution is 2.30. The summed E-state index contributed by atoms with van der Waals surface area (Å²) >= 11 is 0. The molecule has 64 valence electrons. The minimum Gasteiger partial charge on any atom is -0.178 e. The van der Waals surface area contributed by atoms with Crippen LogP contribution in [0.2, 0.25) is 0 Å². The third-order valence-electron chi connectivity index (χ3n) is 2.41. The van der Waals surface area contributed by atoms with Gasteiger partial charge in [0, 0.05) is 0 Å². The maximum Gasteiger partial charge on any atom is 0.0923 e. The van der Waals surface area contributed by atoms with Gasteiger partial charge in [-0.05, 0) is 19.3 Å². The van der Waals surface area contributed by atoms with Crippen molar-refractivity contribution in [3.05, 3.63) is 24.5 Å². The average molecular weight is 163 g/mol. The van der Waals surface area contributed by atoms with Crippen LogP contribution in [0, 0.1) is 0 Å². The van der Waals surface area contributed by atoms with Crippen LogP contribution in [0.25, 0.3) is 0 Å². The number of rotatable bonds is 1. The molecule has 3 heteroatoms. The number of allylic oxidation sites excluding steroid dienone is 1. The largest absolute Gasteiger partial charge is 0.178 e. The molecule has 3 nitrogen and oxygen atoms in total. The molecule has 0 aromatic carbocycles. The van der Waals surface area contributed by atoms with Crippen molar-refractivity contribution in [2.75, 3.05) is 0 Å². The summed E-state index contributed by atoms with van der Waals surface area (Å²) in [5.74, 6) is 0. The van der Waals surface area contributed by atoms with E-state index in [0.29, 0.717) is 6.04 Å². The highest BCUT2D eigenvalue weighted by Gasteiger charge is 2.19. The van der Waals surface area contributed by atoms with Gasteiger partial charge in [0.15, 0.2) is 0 Å². The first-order chi connectivity index (χ1) is 5.88. The first kappa shape index (κ1) is 7.53. The molecular formula is C9H13N3. The summed E-state index contributed by atoms with van der Waals surface area (Å²) < 4.78 is 0. The maximum absolute atomic E-state index is 4.14. The van der Waals surface area contributed by atoms with Gasteiger partial charge in [-0.15, -0.1) is 0 Å². The first-order valence-electron chi connectivity index (χ1n) is 4.41. The number of hydrogen-bond donors (Lipinski definition) is 0. The van der Waals surface area contributed by atoms with E-state index in [0.717, 1.165) is 12.8 Å². The van der Waals surface area contributed by atoms with E-state index in [-0.39, 0.29) is 0 Å². The summed E-state index contributed by atoms with van der Waals surface area (Å²) in [6, 6.07) is 0.355. The van der Waals surface area contributed by atoms with E-state index in [2.05, 4.69) is 16.8 Å². The van der Waals surface area contributed by atoms with Gasteiger partial charge < -0.3 is 0 Å². The van der Waals surface area contributed by atoms with Crippen molar-refractivity contribution in [3.63, 3.8) is 0 Å². The zero-order valence-electron chi connectivity index (χ0n) is 7.11. The fourth-order valence-corrected chi connectivity index (χ4v) is 1.73. The molecule has 0 N–H and O–H groups in total. The van der Waals surface area contributed by atoms with Crippen LogP contribution < -0.4 is 0 Å². The molecule has 1 aromatic heterocycles. The highest BCUT2D eigenvalue weighted by atomic mass is 15.5. The van der Waals surface area contributed by atoms with Gasteiger partial charge in [-0.25, -0.2) is 0 Å². The van der Waals surface area contributed by atoms with Gasteiger partial charge in [0.05, 0.1) is 18.4 Å². The van der Waals surface area contributed by atoms with Crippen LogP contribution in [0.1, 0.15) is 31.7 Å². The van der Waals surface area contributed by atoms with Gasteiger partial charge in [0.25, 0.3) is 0 Å². The standard InChI is InChI=1S/C9H13N3/c1-8-4-2-3-5-9(8)12-10-6-7-11-12/h6-7,9H,1-5H2. The Morgan fingerprint density at radius 3 is 2.75 bits per heavy atom. The van der Waals surface area contributed by atoms with Crippen LogP contribution in [0.15, 0.2) is 24.5 Å². The zero-order chi connectivity index (χ0) is 8.39. The number of nitrogens with zero attached hydrogens (tertiary/aromatic N) is 3. The molecule has 1 aliphatic rings. The fourth-order valence-electron chi connectivity index (χ4n) is 1.73. The SMILES string of the molecule is C=C1CCCCC1n1nccn1. The van der Waals surface area contributed by atoms with Crippen LogP contribution in [-0.2, 0) is 0 Å². The molecule has 1 saturated carbocycles. The summed E-state index contributed by atoms with van der Waals surface area (Å²) in [5.41, 5.74) is 1.28. The lowest BCUT2D eigenvalue weighted by Crippen LogP contribution is -2.17. The van der Waals surface area contributed by atoms with E-state index in [1.54, 1.807) is 17.2 Å². The molecule has 1 atom stereocenters. The van der Waals surface area contributed by atoms with E-state index in [9.17, 15) is 0 Å². The van der Waals surface area contributed by atoms with E-state index in [4.69, 9.17) is 0 Å². The molecule has 0 aliphatic heterocycles. The first-order valence-corrected chi connectivity index (χ1v) is 4.41. The Balaban J connectivity index is 2.17. The third kappa shape index (κ3) is 1.26. The zero-order valence-corrected chi connectivity index (χ0v) is 7.11. The Hall–Kier alpha value is -1.12. The van der Waals surface area contributed by atoms with Crippen LogP contribution in [0.4, 0.5) is 0 Å². The second-order valence-electron chi connectivity index (χ2n) is 3.27. The van der Waals surface area contributed by atoms with E-state index in [1.807, 2.05) is 0 Å². The second-order valence-corrected chi connectivity index (χ2v) is 3.27. The summed E-state index contributed by atoms with van der Waals surface area (Å²) in [6.45, 7) is 4.05. The van der Waals surface area contributed by atoms with Crippen molar-refractivity contribution in [2.45, 2.75) is 31.7 Å². The molecule has 1 unspecified atom stereocenters. The van der Waals surface area contributed by atoms with Crippen LogP contribution in [-0.4, -0.2) is 15.0 Å². The van der Waals surface area contributed by atoms with Gasteiger partial charge >= 0.3 is 0 Å². The van der Waals surface area contributed by atoms with Crippen molar-refractivity contribution < 1.29 is 0 Å². The molecule has 0 bridgehead atoms. The summed E-state index contributed by atoms with van der Waals surface area (Å²) in [4.78, 5) is 1.78. The number of aromatic nitrogens is 3. The molecule has 2 rings (SSSR count). The van der Waals surface area contributed by atoms with Crippen LogP contribution in [0.3, 0.4) is 0 Å². The van der Waals surface area contributed by atoms with Gasteiger partial charge in [0.1, 0.15) is 0 Å². The van der Waals surface area contributed by atoms with E-state index in [1.165, 1.54) is 18.4 Å². The lowest BCUT2D eigenvalue weighted by atomic mass is 9.92. The van der Waals surface area contributed by atoms with E-state index >= 15 is 0 Å². The minimum absolute atomic E-state index is 0.355. The van der Waals surface area contributed by atoms with Crippen LogP contribution >= 0.6 is 0 Å². The topological polar surface area (TPSA) is 30.7 Å². The second kappa shape index (κ2) is 3.09. The Morgan fingerprint density at radius 2 is 2.08 bits per heavy atom. The third-order valence-corrected chi connectivity index (χ3v) is 2.41. The van der Waals surface area contributed by atoms with Crippen molar-refractivity contribution >= 4 is 0 Å². The Morgan fingerprint density at radius 1 is 1.33 bits per heavy atom. The molecule has 12 heavy (non-hydrogen) atoms. The maximum atomic E-state index is 4.14. The van der Waals surface area contributed by atoms with Gasteiger partial charge in [-0.2, -0.15) is 15.0 Å². The van der Waals surface area contributed by atoms with Crippen LogP contribution in [0.5, 0.6) is 0 Å². The quantitative estimate of drug-likeness (QED) is 0.592. The predicted octanol–water partition coefficient (Wildman–Crippen LogP) is 1.95. The molecule has 1 fully saturated rings. The predicted molar refractivity (Wildman–Crippen MR) is 46.7 cm³/mol. The highest BCUT2D eigenvalue weighted by molar-refractivity contribution is 5.05. The molecule has 0 spiro atoms. The monoisotopic (exact) mass is 163 g/mol. The van der Waals surface area contributed by atoms with Gasteiger partial charge in [-0.1, -0.05) is 18.6 Å². The summed E-state index contributed by atoms with van der Waals surface area (Å²) in [6.07, 6.45) is 8.27. The molecule has 0 amide bonds. The van der Waals surface area contributed by atoms with Crippen molar-refractivity contribution in [1.82, 2.24) is 15.0 Å². The Bertz CT molecular complexity index is 263. The van der Waals surface area contributed by atoms with Crippen molar-refractivity contribution in [1.29, 1.82) is 0 Å². The Labute approximate surface area is 72.1 Å².